The molecule has 0 bridgehead atoms. The molecule has 0 unspecified atom stereocenters. The number of aromatic nitrogens is 1. The molecule has 0 spiro atoms. The highest BCUT2D eigenvalue weighted by atomic mass is 32.2. The van der Waals surface area contributed by atoms with E-state index in [1.807, 2.05) is 20.8 Å². The lowest BCUT2D eigenvalue weighted by molar-refractivity contribution is 0.381. The quantitative estimate of drug-likeness (QED) is 0.596. The summed E-state index contributed by atoms with van der Waals surface area (Å²) in [6.45, 7) is 6.72. The Bertz CT molecular complexity index is 488. The highest BCUT2D eigenvalue weighted by Crippen LogP contribution is 2.18. The van der Waals surface area contributed by atoms with E-state index in [1.165, 1.54) is 22.6 Å². The number of hydrogen-bond donors (Lipinski definition) is 2. The van der Waals surface area contributed by atoms with Gasteiger partial charge in [0, 0.05) is 25.4 Å². The average molecular weight is 272 g/mol. The fraction of sp³-hybridized carbons (Fsp3) is 0.545. The third-order valence-electron chi connectivity index (χ3n) is 2.44. The van der Waals surface area contributed by atoms with Crippen molar-refractivity contribution >= 4 is 15.8 Å². The SMILES string of the molecule is CCN(CC(C)C)S(=O)(=O)c1ccnc(NN)c1. The van der Waals surface area contributed by atoms with Crippen molar-refractivity contribution in [1.82, 2.24) is 9.29 Å². The molecule has 1 heterocycles. The minimum absolute atomic E-state index is 0.202. The van der Waals surface area contributed by atoms with Gasteiger partial charge in [-0.2, -0.15) is 4.31 Å². The number of nitrogen functional groups attached to an aromatic ring is 1. The first-order chi connectivity index (χ1) is 8.41. The fourth-order valence-electron chi connectivity index (χ4n) is 1.60. The zero-order chi connectivity index (χ0) is 13.8. The molecule has 0 radical (unpaired) electrons. The number of pyridine rings is 1. The molecule has 0 saturated heterocycles. The third-order valence-corrected chi connectivity index (χ3v) is 4.38. The first-order valence-electron chi connectivity index (χ1n) is 5.84. The molecule has 7 heteroatoms. The summed E-state index contributed by atoms with van der Waals surface area (Å²) in [5.41, 5.74) is 2.34. The van der Waals surface area contributed by atoms with Crippen LogP contribution in [0, 0.1) is 5.92 Å². The van der Waals surface area contributed by atoms with Crippen LogP contribution in [0.5, 0.6) is 0 Å². The minimum Gasteiger partial charge on any atom is -0.308 e. The zero-order valence-corrected chi connectivity index (χ0v) is 11.7. The molecule has 0 aromatic carbocycles. The Hall–Kier alpha value is -1.18. The van der Waals surface area contributed by atoms with Gasteiger partial charge in [0.1, 0.15) is 5.82 Å². The highest BCUT2D eigenvalue weighted by Gasteiger charge is 2.23. The number of hydrazine groups is 1. The third kappa shape index (κ3) is 3.41. The van der Waals surface area contributed by atoms with Crippen molar-refractivity contribution < 1.29 is 8.42 Å². The number of hydrogen-bond acceptors (Lipinski definition) is 5. The second-order valence-corrected chi connectivity index (χ2v) is 6.31. The molecule has 1 aromatic rings. The van der Waals surface area contributed by atoms with Gasteiger partial charge in [-0.15, -0.1) is 0 Å². The number of nitrogens with zero attached hydrogens (tertiary/aromatic N) is 2. The number of nitrogens with one attached hydrogen (secondary N) is 1. The summed E-state index contributed by atoms with van der Waals surface area (Å²) in [6.07, 6.45) is 1.42. The van der Waals surface area contributed by atoms with Gasteiger partial charge in [-0.25, -0.2) is 19.2 Å². The molecule has 0 aliphatic carbocycles. The van der Waals surface area contributed by atoms with E-state index in [-0.39, 0.29) is 10.8 Å². The van der Waals surface area contributed by atoms with Crippen LogP contribution in [-0.2, 0) is 10.0 Å². The van der Waals surface area contributed by atoms with Crippen LogP contribution in [0.15, 0.2) is 23.2 Å². The van der Waals surface area contributed by atoms with E-state index in [9.17, 15) is 8.42 Å². The Kier molecular flexibility index (Phi) is 5.06. The van der Waals surface area contributed by atoms with Crippen molar-refractivity contribution in [1.29, 1.82) is 0 Å². The Labute approximate surface area is 108 Å². The zero-order valence-electron chi connectivity index (χ0n) is 10.9. The van der Waals surface area contributed by atoms with Gasteiger partial charge in [0.15, 0.2) is 0 Å². The van der Waals surface area contributed by atoms with Crippen LogP contribution in [0.1, 0.15) is 20.8 Å². The monoisotopic (exact) mass is 272 g/mol. The van der Waals surface area contributed by atoms with Crippen LogP contribution in [0.2, 0.25) is 0 Å². The standard InChI is InChI=1S/C11H20N4O2S/c1-4-15(8-9(2)3)18(16,17)10-5-6-13-11(7-10)14-12/h5-7,9H,4,8,12H2,1-3H3,(H,13,14). The molecule has 0 aliphatic heterocycles. The molecule has 6 nitrogen and oxygen atoms in total. The lowest BCUT2D eigenvalue weighted by atomic mass is 10.2. The van der Waals surface area contributed by atoms with Gasteiger partial charge in [0.05, 0.1) is 4.90 Å². The van der Waals surface area contributed by atoms with E-state index in [0.717, 1.165) is 0 Å². The van der Waals surface area contributed by atoms with E-state index in [0.29, 0.717) is 18.9 Å². The van der Waals surface area contributed by atoms with Crippen molar-refractivity contribution in [2.75, 3.05) is 18.5 Å². The fourth-order valence-corrected chi connectivity index (χ4v) is 3.23. The second-order valence-electron chi connectivity index (χ2n) is 4.37. The van der Waals surface area contributed by atoms with Gasteiger partial charge in [-0.1, -0.05) is 20.8 Å². The van der Waals surface area contributed by atoms with E-state index in [4.69, 9.17) is 5.84 Å². The van der Waals surface area contributed by atoms with E-state index in [1.54, 1.807) is 0 Å². The molecule has 1 aromatic heterocycles. The largest absolute Gasteiger partial charge is 0.308 e. The summed E-state index contributed by atoms with van der Waals surface area (Å²) >= 11 is 0. The number of anilines is 1. The molecule has 3 N–H and O–H groups in total. The van der Waals surface area contributed by atoms with Crippen LogP contribution in [0.3, 0.4) is 0 Å². The van der Waals surface area contributed by atoms with E-state index < -0.39 is 10.0 Å². The predicted molar refractivity (Wildman–Crippen MR) is 71.3 cm³/mol. The first-order valence-corrected chi connectivity index (χ1v) is 7.28. The molecule has 0 amide bonds. The van der Waals surface area contributed by atoms with Crippen LogP contribution in [-0.4, -0.2) is 30.8 Å². The molecule has 18 heavy (non-hydrogen) atoms. The van der Waals surface area contributed by atoms with Gasteiger partial charge in [0.25, 0.3) is 0 Å². The van der Waals surface area contributed by atoms with Gasteiger partial charge < -0.3 is 5.43 Å². The van der Waals surface area contributed by atoms with Gasteiger partial charge in [-0.3, -0.25) is 0 Å². The van der Waals surface area contributed by atoms with Crippen molar-refractivity contribution in [3.63, 3.8) is 0 Å². The number of sulfonamides is 1. The molecule has 0 fully saturated rings. The number of rotatable bonds is 6. The molecule has 0 aliphatic rings. The normalized spacial score (nSPS) is 12.1. The maximum absolute atomic E-state index is 12.4. The maximum Gasteiger partial charge on any atom is 0.243 e. The average Bonchev–Trinajstić information content (AvgIpc) is 2.35. The Balaban J connectivity index is 3.10. The molecule has 0 saturated carbocycles. The van der Waals surface area contributed by atoms with E-state index >= 15 is 0 Å². The molecule has 102 valence electrons. The summed E-state index contributed by atoms with van der Waals surface area (Å²) in [5.74, 6) is 5.83. The van der Waals surface area contributed by atoms with Crippen molar-refractivity contribution in [3.05, 3.63) is 18.3 Å². The van der Waals surface area contributed by atoms with Crippen LogP contribution >= 0.6 is 0 Å². The van der Waals surface area contributed by atoms with E-state index in [2.05, 4.69) is 10.4 Å². The van der Waals surface area contributed by atoms with Crippen LogP contribution in [0.25, 0.3) is 0 Å². The van der Waals surface area contributed by atoms with Gasteiger partial charge in [-0.05, 0) is 12.0 Å². The molecule has 1 rings (SSSR count). The van der Waals surface area contributed by atoms with Crippen molar-refractivity contribution in [2.24, 2.45) is 11.8 Å². The second kappa shape index (κ2) is 6.12. The molecular formula is C11H20N4O2S. The summed E-state index contributed by atoms with van der Waals surface area (Å²) < 4.78 is 26.2. The molecule has 0 atom stereocenters. The Morgan fingerprint density at radius 2 is 2.17 bits per heavy atom. The Morgan fingerprint density at radius 1 is 1.50 bits per heavy atom. The summed E-state index contributed by atoms with van der Waals surface area (Å²) in [6, 6.07) is 2.90. The van der Waals surface area contributed by atoms with Crippen LogP contribution < -0.4 is 11.3 Å². The number of nitrogens with two attached hydrogens (primary N) is 1. The summed E-state index contributed by atoms with van der Waals surface area (Å²) in [5, 5.41) is 0. The lowest BCUT2D eigenvalue weighted by Gasteiger charge is -2.22. The Morgan fingerprint density at radius 3 is 2.67 bits per heavy atom. The topological polar surface area (TPSA) is 88.3 Å². The van der Waals surface area contributed by atoms with Gasteiger partial charge >= 0.3 is 0 Å². The van der Waals surface area contributed by atoms with Crippen molar-refractivity contribution in [3.8, 4) is 0 Å². The first kappa shape index (κ1) is 14.9. The van der Waals surface area contributed by atoms with Crippen LogP contribution in [0.4, 0.5) is 5.82 Å². The summed E-state index contributed by atoms with van der Waals surface area (Å²) in [4.78, 5) is 4.10. The minimum atomic E-state index is -3.48. The maximum atomic E-state index is 12.4. The summed E-state index contributed by atoms with van der Waals surface area (Å²) in [7, 11) is -3.48. The van der Waals surface area contributed by atoms with Crippen molar-refractivity contribution in [2.45, 2.75) is 25.7 Å². The molecular weight excluding hydrogens is 252 g/mol. The van der Waals surface area contributed by atoms with Gasteiger partial charge in [0.2, 0.25) is 10.0 Å². The predicted octanol–water partition coefficient (Wildman–Crippen LogP) is 1.03. The lowest BCUT2D eigenvalue weighted by Crippen LogP contribution is -2.34. The smallest absolute Gasteiger partial charge is 0.243 e. The highest BCUT2D eigenvalue weighted by molar-refractivity contribution is 7.89.